The number of methoxy groups -OCH3 is 1. The maximum absolute atomic E-state index is 12.3. The maximum atomic E-state index is 12.3. The average Bonchev–Trinajstić information content (AvgIpc) is 3.08. The zero-order valence-corrected chi connectivity index (χ0v) is 14.4. The lowest BCUT2D eigenvalue weighted by Crippen LogP contribution is -2.46. The lowest BCUT2D eigenvalue weighted by Gasteiger charge is -2.24. The van der Waals surface area contributed by atoms with Gasteiger partial charge in [-0.05, 0) is 38.0 Å². The first-order valence-corrected chi connectivity index (χ1v) is 8.22. The number of carbonyl (C=O) groups excluding carboxylic acids is 1. The molecule has 1 fully saturated rings. The molecule has 1 N–H and O–H groups in total. The van der Waals surface area contributed by atoms with Crippen LogP contribution in [0.4, 0.5) is 19.1 Å². The lowest BCUT2D eigenvalue weighted by atomic mass is 10.2. The molecule has 0 radical (unpaired) electrons. The molecule has 2 heterocycles. The Balaban J connectivity index is 1.86. The van der Waals surface area contributed by atoms with Crippen LogP contribution in [-0.2, 0) is 4.79 Å². The standard InChI is InChI=1S/C17H19F3N4O2/c1-10-12-8-11(26-2)5-6-13(12)23-16(22-10)24-7-3-4-14(24)15(25)21-9-17(18,19)20/h5-6,8,14H,3-4,7,9H2,1-2H3,(H,21,25). The van der Waals surface area contributed by atoms with E-state index in [4.69, 9.17) is 4.74 Å². The van der Waals surface area contributed by atoms with Gasteiger partial charge >= 0.3 is 6.18 Å². The van der Waals surface area contributed by atoms with Gasteiger partial charge in [0.1, 0.15) is 18.3 Å². The first-order chi connectivity index (χ1) is 12.3. The topological polar surface area (TPSA) is 67.3 Å². The third-order valence-electron chi connectivity index (χ3n) is 4.36. The van der Waals surface area contributed by atoms with Crippen LogP contribution in [-0.4, -0.2) is 48.3 Å². The molecule has 9 heteroatoms. The smallest absolute Gasteiger partial charge is 0.405 e. The minimum atomic E-state index is -4.44. The van der Waals surface area contributed by atoms with Gasteiger partial charge in [0.05, 0.1) is 18.3 Å². The van der Waals surface area contributed by atoms with Gasteiger partial charge in [0.15, 0.2) is 0 Å². The second kappa shape index (κ2) is 6.97. The Bertz CT molecular complexity index is 825. The van der Waals surface area contributed by atoms with E-state index in [1.807, 2.05) is 18.3 Å². The number of amides is 1. The van der Waals surface area contributed by atoms with Gasteiger partial charge in [-0.3, -0.25) is 4.79 Å². The van der Waals surface area contributed by atoms with Gasteiger partial charge in [-0.25, -0.2) is 9.97 Å². The fourth-order valence-corrected chi connectivity index (χ4v) is 3.08. The number of ether oxygens (including phenoxy) is 1. The summed E-state index contributed by atoms with van der Waals surface area (Å²) < 4.78 is 42.2. The molecule has 140 valence electrons. The first kappa shape index (κ1) is 18.2. The number of fused-ring (bicyclic) bond motifs is 1. The minimum absolute atomic E-state index is 0.352. The highest BCUT2D eigenvalue weighted by atomic mass is 19.4. The van der Waals surface area contributed by atoms with E-state index in [1.165, 1.54) is 0 Å². The van der Waals surface area contributed by atoms with E-state index in [1.54, 1.807) is 24.1 Å². The van der Waals surface area contributed by atoms with Gasteiger partial charge < -0.3 is 15.0 Å². The zero-order valence-electron chi connectivity index (χ0n) is 14.4. The summed E-state index contributed by atoms with van der Waals surface area (Å²) in [6.07, 6.45) is -3.28. The molecular formula is C17H19F3N4O2. The van der Waals surface area contributed by atoms with Crippen molar-refractivity contribution in [1.82, 2.24) is 15.3 Å². The monoisotopic (exact) mass is 368 g/mol. The molecule has 1 aliphatic rings. The van der Waals surface area contributed by atoms with Crippen LogP contribution < -0.4 is 15.0 Å². The molecule has 1 aromatic heterocycles. The fraction of sp³-hybridized carbons (Fsp3) is 0.471. The van der Waals surface area contributed by atoms with Crippen LogP contribution in [0.25, 0.3) is 10.9 Å². The molecule has 26 heavy (non-hydrogen) atoms. The summed E-state index contributed by atoms with van der Waals surface area (Å²) in [5.74, 6) is 0.378. The third-order valence-corrected chi connectivity index (χ3v) is 4.36. The Kier molecular flexibility index (Phi) is 4.88. The van der Waals surface area contributed by atoms with E-state index in [0.29, 0.717) is 42.3 Å². The maximum Gasteiger partial charge on any atom is 0.405 e. The van der Waals surface area contributed by atoms with E-state index in [0.717, 1.165) is 5.39 Å². The van der Waals surface area contributed by atoms with Crippen LogP contribution in [0.1, 0.15) is 18.5 Å². The number of benzene rings is 1. The number of anilines is 1. The summed E-state index contributed by atoms with van der Waals surface area (Å²) >= 11 is 0. The number of hydrogen-bond acceptors (Lipinski definition) is 5. The highest BCUT2D eigenvalue weighted by Gasteiger charge is 2.35. The number of alkyl halides is 3. The van der Waals surface area contributed by atoms with Crippen LogP contribution in [0.2, 0.25) is 0 Å². The number of aryl methyl sites for hydroxylation is 1. The predicted octanol–water partition coefficient (Wildman–Crippen LogP) is 2.59. The molecule has 1 unspecified atom stereocenters. The third kappa shape index (κ3) is 3.81. The largest absolute Gasteiger partial charge is 0.497 e. The summed E-state index contributed by atoms with van der Waals surface area (Å²) in [4.78, 5) is 22.8. The van der Waals surface area contributed by atoms with Gasteiger partial charge in [0, 0.05) is 11.9 Å². The van der Waals surface area contributed by atoms with Crippen LogP contribution in [0.15, 0.2) is 18.2 Å². The Labute approximate surface area is 148 Å². The van der Waals surface area contributed by atoms with E-state index in [-0.39, 0.29) is 0 Å². The molecular weight excluding hydrogens is 349 g/mol. The Morgan fingerprint density at radius 2 is 2.15 bits per heavy atom. The van der Waals surface area contributed by atoms with Crippen LogP contribution in [0.5, 0.6) is 5.75 Å². The molecule has 0 saturated carbocycles. The van der Waals surface area contributed by atoms with Crippen LogP contribution >= 0.6 is 0 Å². The summed E-state index contributed by atoms with van der Waals surface area (Å²) in [6.45, 7) is 1.00. The molecule has 1 aliphatic heterocycles. The number of rotatable bonds is 4. The van der Waals surface area contributed by atoms with Crippen molar-refractivity contribution < 1.29 is 22.7 Å². The Morgan fingerprint density at radius 1 is 1.38 bits per heavy atom. The van der Waals surface area contributed by atoms with E-state index < -0.39 is 24.7 Å². The van der Waals surface area contributed by atoms with E-state index in [9.17, 15) is 18.0 Å². The molecule has 1 atom stereocenters. The van der Waals surface area contributed by atoms with E-state index >= 15 is 0 Å². The van der Waals surface area contributed by atoms with Gasteiger partial charge in [-0.1, -0.05) is 0 Å². The molecule has 0 bridgehead atoms. The Morgan fingerprint density at radius 3 is 2.85 bits per heavy atom. The number of halogens is 3. The van der Waals surface area contributed by atoms with Crippen LogP contribution in [0.3, 0.4) is 0 Å². The molecule has 3 rings (SSSR count). The Hall–Kier alpha value is -2.58. The van der Waals surface area contributed by atoms with Gasteiger partial charge in [0.25, 0.3) is 0 Å². The molecule has 0 spiro atoms. The summed E-state index contributed by atoms with van der Waals surface area (Å²) in [6, 6.07) is 4.69. The number of carbonyl (C=O) groups is 1. The number of hydrogen-bond donors (Lipinski definition) is 1. The normalized spacial score (nSPS) is 17.6. The lowest BCUT2D eigenvalue weighted by molar-refractivity contribution is -0.139. The molecule has 2 aromatic rings. The van der Waals surface area contributed by atoms with E-state index in [2.05, 4.69) is 9.97 Å². The fourth-order valence-electron chi connectivity index (χ4n) is 3.08. The molecule has 1 aromatic carbocycles. The van der Waals surface area contributed by atoms with Crippen LogP contribution in [0, 0.1) is 6.92 Å². The molecule has 0 aliphatic carbocycles. The molecule has 6 nitrogen and oxygen atoms in total. The molecule has 1 amide bonds. The van der Waals surface area contributed by atoms with Crippen molar-refractivity contribution in [1.29, 1.82) is 0 Å². The van der Waals surface area contributed by atoms with Gasteiger partial charge in [-0.2, -0.15) is 13.2 Å². The molecule has 1 saturated heterocycles. The SMILES string of the molecule is COc1ccc2nc(N3CCCC3C(=O)NCC(F)(F)F)nc(C)c2c1. The second-order valence-corrected chi connectivity index (χ2v) is 6.18. The minimum Gasteiger partial charge on any atom is -0.497 e. The van der Waals surface area contributed by atoms with Crippen molar-refractivity contribution in [2.45, 2.75) is 32.0 Å². The number of nitrogens with zero attached hydrogens (tertiary/aromatic N) is 3. The van der Waals surface area contributed by atoms with Gasteiger partial charge in [0.2, 0.25) is 11.9 Å². The second-order valence-electron chi connectivity index (χ2n) is 6.18. The quantitative estimate of drug-likeness (QED) is 0.899. The average molecular weight is 368 g/mol. The summed E-state index contributed by atoms with van der Waals surface area (Å²) in [5, 5.41) is 2.78. The van der Waals surface area contributed by atoms with Crippen molar-refractivity contribution >= 4 is 22.8 Å². The van der Waals surface area contributed by atoms with Crippen molar-refractivity contribution in [2.75, 3.05) is 25.1 Å². The summed E-state index contributed by atoms with van der Waals surface area (Å²) in [5.41, 5.74) is 1.40. The first-order valence-electron chi connectivity index (χ1n) is 8.22. The number of aromatic nitrogens is 2. The predicted molar refractivity (Wildman–Crippen MR) is 90.3 cm³/mol. The highest BCUT2D eigenvalue weighted by Crippen LogP contribution is 2.27. The number of nitrogens with one attached hydrogen (secondary N) is 1. The highest BCUT2D eigenvalue weighted by molar-refractivity contribution is 5.87. The van der Waals surface area contributed by atoms with Crippen molar-refractivity contribution in [3.8, 4) is 5.75 Å². The van der Waals surface area contributed by atoms with Crippen molar-refractivity contribution in [3.63, 3.8) is 0 Å². The van der Waals surface area contributed by atoms with Gasteiger partial charge in [-0.15, -0.1) is 0 Å². The summed E-state index contributed by atoms with van der Waals surface area (Å²) in [7, 11) is 1.57. The zero-order chi connectivity index (χ0) is 18.9. The van der Waals surface area contributed by atoms with Crippen molar-refractivity contribution in [3.05, 3.63) is 23.9 Å². The van der Waals surface area contributed by atoms with Crippen molar-refractivity contribution in [2.24, 2.45) is 0 Å².